The SMILES string of the molecule is C=C(CO[C@H]1O[C@H](COC(C)=O)[C@@H](O[C@@H]2O[C@H](COC(C)=O)[C@H](OC(C)=O)[C@H](OC(C)=O)[C@H]2OC(C)=O)[C@H](OC(C)=O)[C@H]1OC(C)=O)CSCCCCCCCCCCCCCCCC. The smallest absolute Gasteiger partial charge is 0.303 e. The van der Waals surface area contributed by atoms with Crippen molar-refractivity contribution in [2.75, 3.05) is 31.3 Å². The molecule has 0 unspecified atom stereocenters. The lowest BCUT2D eigenvalue weighted by Gasteiger charge is -2.48. The molecular weight excluding hydrogens is 873 g/mol. The molecule has 0 aromatic heterocycles. The van der Waals surface area contributed by atoms with E-state index >= 15 is 0 Å². The third kappa shape index (κ3) is 23.5. The second-order valence-corrected chi connectivity index (χ2v) is 17.5. The highest BCUT2D eigenvalue weighted by Crippen LogP contribution is 2.36. The molecule has 10 atom stereocenters. The summed E-state index contributed by atoms with van der Waals surface area (Å²) in [6, 6.07) is 0. The third-order valence-corrected chi connectivity index (χ3v) is 11.5. The van der Waals surface area contributed by atoms with E-state index in [1.807, 2.05) is 0 Å². The fraction of sp³-hybridized carbons (Fsp3) is 0.804. The van der Waals surface area contributed by atoms with Crippen LogP contribution in [0.15, 0.2) is 12.2 Å². The summed E-state index contributed by atoms with van der Waals surface area (Å²) >= 11 is 1.71. The Hall–Kier alpha value is -3.78. The van der Waals surface area contributed by atoms with Crippen molar-refractivity contribution in [3.05, 3.63) is 12.2 Å². The van der Waals surface area contributed by atoms with Crippen LogP contribution in [0.25, 0.3) is 0 Å². The predicted molar refractivity (Wildman–Crippen MR) is 236 cm³/mol. The van der Waals surface area contributed by atoms with Crippen molar-refractivity contribution >= 4 is 53.5 Å². The zero-order chi connectivity index (χ0) is 48.3. The Morgan fingerprint density at radius 2 is 0.831 bits per heavy atom. The molecule has 2 heterocycles. The summed E-state index contributed by atoms with van der Waals surface area (Å²) in [5, 5.41) is 0. The van der Waals surface area contributed by atoms with Crippen molar-refractivity contribution in [1.29, 1.82) is 0 Å². The highest BCUT2D eigenvalue weighted by molar-refractivity contribution is 7.99. The van der Waals surface area contributed by atoms with Crippen molar-refractivity contribution in [1.82, 2.24) is 0 Å². The summed E-state index contributed by atoms with van der Waals surface area (Å²) in [4.78, 5) is 86.5. The molecule has 0 spiro atoms. The molecule has 0 aliphatic carbocycles. The number of esters is 7. The molecule has 2 saturated heterocycles. The second-order valence-electron chi connectivity index (χ2n) is 16.4. The zero-order valence-corrected chi connectivity index (χ0v) is 40.5. The molecule has 0 aromatic carbocycles. The molecule has 2 aliphatic heterocycles. The van der Waals surface area contributed by atoms with Crippen molar-refractivity contribution < 1.29 is 85.7 Å². The van der Waals surface area contributed by atoms with Gasteiger partial charge >= 0.3 is 41.8 Å². The van der Waals surface area contributed by atoms with E-state index in [4.69, 9.17) is 52.1 Å². The number of ether oxygens (including phenoxy) is 11. The largest absolute Gasteiger partial charge is 0.463 e. The summed E-state index contributed by atoms with van der Waals surface area (Å²) in [7, 11) is 0. The average molecular weight is 947 g/mol. The van der Waals surface area contributed by atoms with Gasteiger partial charge in [0.2, 0.25) is 0 Å². The minimum absolute atomic E-state index is 0.0491. The molecule has 65 heavy (non-hydrogen) atoms. The third-order valence-electron chi connectivity index (χ3n) is 10.3. The van der Waals surface area contributed by atoms with Gasteiger partial charge in [0.25, 0.3) is 0 Å². The number of thioether (sulfide) groups is 1. The van der Waals surface area contributed by atoms with E-state index in [2.05, 4.69) is 13.5 Å². The predicted octanol–water partition coefficient (Wildman–Crippen LogP) is 6.39. The number of carbonyl (C=O) groups is 7. The fourth-order valence-electron chi connectivity index (χ4n) is 7.46. The lowest BCUT2D eigenvalue weighted by atomic mass is 9.96. The number of hydrogen-bond acceptors (Lipinski definition) is 19. The molecule has 18 nitrogen and oxygen atoms in total. The van der Waals surface area contributed by atoms with E-state index < -0.39 is 116 Å². The molecule has 2 aliphatic rings. The van der Waals surface area contributed by atoms with E-state index in [-0.39, 0.29) is 6.61 Å². The van der Waals surface area contributed by atoms with E-state index in [9.17, 15) is 33.6 Å². The Kier molecular flexibility index (Phi) is 28.2. The van der Waals surface area contributed by atoms with Crippen molar-refractivity contribution in [2.45, 2.75) is 207 Å². The van der Waals surface area contributed by atoms with Gasteiger partial charge in [-0.2, -0.15) is 11.8 Å². The van der Waals surface area contributed by atoms with Gasteiger partial charge in [-0.15, -0.1) is 0 Å². The minimum atomic E-state index is -1.78. The molecule has 2 fully saturated rings. The molecule has 0 radical (unpaired) electrons. The first-order valence-electron chi connectivity index (χ1n) is 22.9. The first-order chi connectivity index (χ1) is 30.9. The molecule has 0 saturated carbocycles. The normalized spacial score (nSPS) is 25.1. The number of unbranched alkanes of at least 4 members (excludes halogenated alkanes) is 13. The van der Waals surface area contributed by atoms with Crippen LogP contribution >= 0.6 is 11.8 Å². The van der Waals surface area contributed by atoms with E-state index in [1.54, 1.807) is 11.8 Å². The summed E-state index contributed by atoms with van der Waals surface area (Å²) < 4.78 is 63.3. The van der Waals surface area contributed by atoms with Gasteiger partial charge in [-0.1, -0.05) is 97.0 Å². The molecular formula is C46H74O18S. The number of hydrogen-bond donors (Lipinski definition) is 0. The van der Waals surface area contributed by atoms with Gasteiger partial charge in [-0.05, 0) is 17.7 Å². The van der Waals surface area contributed by atoms with E-state index in [0.29, 0.717) is 11.3 Å². The Bertz CT molecular complexity index is 1510. The van der Waals surface area contributed by atoms with Crippen LogP contribution in [0.4, 0.5) is 0 Å². The van der Waals surface area contributed by atoms with Crippen LogP contribution in [-0.4, -0.2) is 135 Å². The maximum absolute atomic E-state index is 12.7. The van der Waals surface area contributed by atoms with Gasteiger partial charge in [0.05, 0.1) is 6.61 Å². The topological polar surface area (TPSA) is 221 Å². The molecule has 0 N–H and O–H groups in total. The first kappa shape index (κ1) is 57.3. The monoisotopic (exact) mass is 946 g/mol. The summed E-state index contributed by atoms with van der Waals surface area (Å²) in [6.45, 7) is 12.9. The van der Waals surface area contributed by atoms with Gasteiger partial charge < -0.3 is 52.1 Å². The average Bonchev–Trinajstić information content (AvgIpc) is 3.21. The highest BCUT2D eigenvalue weighted by Gasteiger charge is 2.57. The van der Waals surface area contributed by atoms with E-state index in [1.165, 1.54) is 77.0 Å². The van der Waals surface area contributed by atoms with Crippen molar-refractivity contribution in [3.8, 4) is 0 Å². The van der Waals surface area contributed by atoms with Gasteiger partial charge in [0.15, 0.2) is 43.1 Å². The van der Waals surface area contributed by atoms with Crippen LogP contribution in [0.5, 0.6) is 0 Å². The summed E-state index contributed by atoms with van der Waals surface area (Å²) in [5.74, 6) is -4.23. The Labute approximate surface area is 388 Å². The lowest BCUT2D eigenvalue weighted by Crippen LogP contribution is -2.67. The second kappa shape index (κ2) is 32.0. The van der Waals surface area contributed by atoms with Crippen molar-refractivity contribution in [2.24, 2.45) is 0 Å². The van der Waals surface area contributed by atoms with Crippen LogP contribution in [0.2, 0.25) is 0 Å². The van der Waals surface area contributed by atoms with Gasteiger partial charge in [0.1, 0.15) is 31.5 Å². The van der Waals surface area contributed by atoms with Crippen LogP contribution in [0, 0.1) is 0 Å². The molecule has 19 heteroatoms. The minimum Gasteiger partial charge on any atom is -0.463 e. The Morgan fingerprint density at radius 3 is 1.28 bits per heavy atom. The number of carbonyl (C=O) groups excluding carboxylic acids is 7. The molecule has 0 aromatic rings. The number of rotatable bonds is 31. The maximum atomic E-state index is 12.7. The molecule has 0 amide bonds. The maximum Gasteiger partial charge on any atom is 0.303 e. The quantitative estimate of drug-likeness (QED) is 0.0318. The molecule has 2 rings (SSSR count). The first-order valence-corrected chi connectivity index (χ1v) is 24.0. The van der Waals surface area contributed by atoms with Gasteiger partial charge in [-0.3, -0.25) is 33.6 Å². The molecule has 0 bridgehead atoms. The van der Waals surface area contributed by atoms with E-state index in [0.717, 1.165) is 67.1 Å². The lowest BCUT2D eigenvalue weighted by molar-refractivity contribution is -0.360. The van der Waals surface area contributed by atoms with Crippen LogP contribution in [-0.2, 0) is 85.7 Å². The standard InChI is InChI=1S/C46H74O18S/c1-10-11-12-13-14-15-16-17-18-19-20-21-22-23-24-65-28-29(2)25-56-45-43(60-35(8)52)42(59-34(7)51)40(38(62-45)27-55-31(4)48)64-46-44(61-36(9)53)41(58-33(6)50)39(57-32(5)49)37(63-46)26-54-30(3)47/h37-46H,2,10-28H2,1,3-9H3/t37-,38-,39+,40-,41+,42+,43-,44-,45+,46+/m1/s1. The fourth-order valence-corrected chi connectivity index (χ4v) is 8.39. The summed E-state index contributed by atoms with van der Waals surface area (Å²) in [6.07, 6.45) is 2.58. The summed E-state index contributed by atoms with van der Waals surface area (Å²) in [5.41, 5.74) is 0.696. The Morgan fingerprint density at radius 1 is 0.462 bits per heavy atom. The van der Waals surface area contributed by atoms with Gasteiger partial charge in [0, 0.05) is 54.2 Å². The van der Waals surface area contributed by atoms with Crippen LogP contribution < -0.4 is 0 Å². The van der Waals surface area contributed by atoms with Crippen LogP contribution in [0.1, 0.15) is 145 Å². The van der Waals surface area contributed by atoms with Gasteiger partial charge in [-0.25, -0.2) is 0 Å². The highest BCUT2D eigenvalue weighted by atomic mass is 32.2. The van der Waals surface area contributed by atoms with Crippen molar-refractivity contribution in [3.63, 3.8) is 0 Å². The van der Waals surface area contributed by atoms with Crippen LogP contribution in [0.3, 0.4) is 0 Å². The molecule has 372 valence electrons. The Balaban J connectivity index is 2.23. The zero-order valence-electron chi connectivity index (χ0n) is 39.7.